The first-order chi connectivity index (χ1) is 5.54. The topological polar surface area (TPSA) is 26.0 Å². The molecule has 12 heavy (non-hydrogen) atoms. The monoisotopic (exact) mass is 165 g/mol. The molecule has 1 nitrogen and oxygen atoms in total. The minimum Gasteiger partial charge on any atom is -0.327 e. The molecule has 0 saturated carbocycles. The van der Waals surface area contributed by atoms with E-state index in [4.69, 9.17) is 5.73 Å². The Hall–Kier alpha value is -0.560. The number of hydrogen-bond donors (Lipinski definition) is 1. The van der Waals surface area contributed by atoms with Gasteiger partial charge in [0.15, 0.2) is 0 Å². The first-order valence-electron chi connectivity index (χ1n) is 4.61. The van der Waals surface area contributed by atoms with Crippen LogP contribution in [-0.2, 0) is 0 Å². The van der Waals surface area contributed by atoms with E-state index in [1.165, 1.54) is 5.57 Å². The molecule has 1 aliphatic carbocycles. The molecule has 0 radical (unpaired) electrons. The molecule has 1 unspecified atom stereocenters. The summed E-state index contributed by atoms with van der Waals surface area (Å²) in [6, 6.07) is 0. The molecule has 1 aliphatic rings. The predicted octanol–water partition coefficient (Wildman–Crippen LogP) is 2.49. The van der Waals surface area contributed by atoms with Crippen LogP contribution in [0.5, 0.6) is 0 Å². The SMILES string of the molecule is CC(C)(C)C1C=CC(CN)=CC1. The van der Waals surface area contributed by atoms with Crippen molar-refractivity contribution in [3.8, 4) is 0 Å². The molecular formula is C11H19N. The summed E-state index contributed by atoms with van der Waals surface area (Å²) in [5, 5.41) is 0. The maximum absolute atomic E-state index is 5.54. The van der Waals surface area contributed by atoms with Gasteiger partial charge in [-0.15, -0.1) is 0 Å². The van der Waals surface area contributed by atoms with E-state index < -0.39 is 0 Å². The second-order valence-electron chi connectivity index (χ2n) is 4.55. The highest BCUT2D eigenvalue weighted by Gasteiger charge is 2.22. The van der Waals surface area contributed by atoms with Crippen molar-refractivity contribution < 1.29 is 0 Å². The van der Waals surface area contributed by atoms with Crippen molar-refractivity contribution in [2.45, 2.75) is 27.2 Å². The summed E-state index contributed by atoms with van der Waals surface area (Å²) in [5.41, 5.74) is 7.19. The van der Waals surface area contributed by atoms with Crippen LogP contribution in [0.3, 0.4) is 0 Å². The van der Waals surface area contributed by atoms with Gasteiger partial charge in [-0.25, -0.2) is 0 Å². The van der Waals surface area contributed by atoms with Crippen molar-refractivity contribution in [1.29, 1.82) is 0 Å². The lowest BCUT2D eigenvalue weighted by Crippen LogP contribution is -2.20. The lowest BCUT2D eigenvalue weighted by molar-refractivity contribution is 0.293. The van der Waals surface area contributed by atoms with Gasteiger partial charge in [0.25, 0.3) is 0 Å². The molecule has 0 bridgehead atoms. The maximum Gasteiger partial charge on any atom is 0.0174 e. The summed E-state index contributed by atoms with van der Waals surface area (Å²) in [5.74, 6) is 0.674. The average molecular weight is 165 g/mol. The zero-order chi connectivity index (χ0) is 9.19. The smallest absolute Gasteiger partial charge is 0.0174 e. The first-order valence-corrected chi connectivity index (χ1v) is 4.61. The molecule has 1 rings (SSSR count). The van der Waals surface area contributed by atoms with Gasteiger partial charge in [0, 0.05) is 6.54 Å². The highest BCUT2D eigenvalue weighted by atomic mass is 14.5. The number of rotatable bonds is 1. The number of hydrogen-bond acceptors (Lipinski definition) is 1. The van der Waals surface area contributed by atoms with Crippen LogP contribution in [0.15, 0.2) is 23.8 Å². The zero-order valence-electron chi connectivity index (χ0n) is 8.30. The molecule has 2 N–H and O–H groups in total. The summed E-state index contributed by atoms with van der Waals surface area (Å²) in [7, 11) is 0. The van der Waals surface area contributed by atoms with Crippen molar-refractivity contribution in [2.75, 3.05) is 6.54 Å². The third kappa shape index (κ3) is 2.21. The summed E-state index contributed by atoms with van der Waals surface area (Å²) < 4.78 is 0. The highest BCUT2D eigenvalue weighted by Crippen LogP contribution is 2.32. The van der Waals surface area contributed by atoms with E-state index >= 15 is 0 Å². The molecule has 0 aliphatic heterocycles. The van der Waals surface area contributed by atoms with E-state index in [1.807, 2.05) is 0 Å². The van der Waals surface area contributed by atoms with E-state index in [-0.39, 0.29) is 0 Å². The fourth-order valence-corrected chi connectivity index (χ4v) is 1.46. The molecule has 1 heteroatoms. The average Bonchev–Trinajstić information content (AvgIpc) is 2.03. The molecule has 0 amide bonds. The molecule has 0 heterocycles. The van der Waals surface area contributed by atoms with Gasteiger partial charge in [-0.2, -0.15) is 0 Å². The van der Waals surface area contributed by atoms with E-state index in [1.54, 1.807) is 0 Å². The van der Waals surface area contributed by atoms with Gasteiger partial charge in [-0.1, -0.05) is 39.0 Å². The minimum atomic E-state index is 0.382. The largest absolute Gasteiger partial charge is 0.327 e. The second kappa shape index (κ2) is 3.44. The van der Waals surface area contributed by atoms with Crippen molar-refractivity contribution in [2.24, 2.45) is 17.1 Å². The first kappa shape index (κ1) is 9.53. The fraction of sp³-hybridized carbons (Fsp3) is 0.636. The van der Waals surface area contributed by atoms with Crippen LogP contribution in [-0.4, -0.2) is 6.54 Å². The van der Waals surface area contributed by atoms with Gasteiger partial charge in [0.1, 0.15) is 0 Å². The van der Waals surface area contributed by atoms with Gasteiger partial charge in [-0.05, 0) is 23.3 Å². The van der Waals surface area contributed by atoms with Crippen LogP contribution >= 0.6 is 0 Å². The molecular weight excluding hydrogens is 146 g/mol. The molecule has 0 aromatic heterocycles. The molecule has 0 aromatic rings. The fourth-order valence-electron chi connectivity index (χ4n) is 1.46. The maximum atomic E-state index is 5.54. The minimum absolute atomic E-state index is 0.382. The molecule has 0 saturated heterocycles. The Morgan fingerprint density at radius 1 is 1.50 bits per heavy atom. The standard InChI is InChI=1S/C11H19N/c1-11(2,3)10-6-4-9(8-12)5-7-10/h4-6,10H,7-8,12H2,1-3H3. The lowest BCUT2D eigenvalue weighted by atomic mass is 9.76. The Balaban J connectivity index is 2.60. The van der Waals surface area contributed by atoms with E-state index in [9.17, 15) is 0 Å². The Morgan fingerprint density at radius 2 is 2.17 bits per heavy atom. The Bertz CT molecular complexity index is 206. The van der Waals surface area contributed by atoms with Crippen LogP contribution in [0.2, 0.25) is 0 Å². The van der Waals surface area contributed by atoms with Crippen molar-refractivity contribution in [3.63, 3.8) is 0 Å². The van der Waals surface area contributed by atoms with Crippen molar-refractivity contribution in [3.05, 3.63) is 23.8 Å². The van der Waals surface area contributed by atoms with Crippen LogP contribution in [0, 0.1) is 11.3 Å². The van der Waals surface area contributed by atoms with E-state index in [2.05, 4.69) is 39.0 Å². The summed E-state index contributed by atoms with van der Waals surface area (Å²) >= 11 is 0. The third-order valence-electron chi connectivity index (χ3n) is 2.52. The highest BCUT2D eigenvalue weighted by molar-refractivity contribution is 5.25. The summed E-state index contributed by atoms with van der Waals surface area (Å²) in [6.07, 6.45) is 7.87. The normalized spacial score (nSPS) is 24.0. The summed E-state index contributed by atoms with van der Waals surface area (Å²) in [6.45, 7) is 7.52. The van der Waals surface area contributed by atoms with Gasteiger partial charge in [-0.3, -0.25) is 0 Å². The molecule has 68 valence electrons. The van der Waals surface area contributed by atoms with Crippen LogP contribution < -0.4 is 5.73 Å². The second-order valence-corrected chi connectivity index (χ2v) is 4.55. The predicted molar refractivity (Wildman–Crippen MR) is 53.8 cm³/mol. The quantitative estimate of drug-likeness (QED) is 0.634. The molecule has 0 spiro atoms. The van der Waals surface area contributed by atoms with Crippen molar-refractivity contribution >= 4 is 0 Å². The van der Waals surface area contributed by atoms with Gasteiger partial charge < -0.3 is 5.73 Å². The van der Waals surface area contributed by atoms with Crippen molar-refractivity contribution in [1.82, 2.24) is 0 Å². The Labute approximate surface area is 75.3 Å². The Morgan fingerprint density at radius 3 is 2.50 bits per heavy atom. The number of nitrogens with two attached hydrogens (primary N) is 1. The van der Waals surface area contributed by atoms with E-state index in [0.717, 1.165) is 6.42 Å². The molecule has 1 atom stereocenters. The van der Waals surface area contributed by atoms with Gasteiger partial charge in [0.2, 0.25) is 0 Å². The van der Waals surface area contributed by atoms with Crippen LogP contribution in [0.1, 0.15) is 27.2 Å². The van der Waals surface area contributed by atoms with Crippen LogP contribution in [0.25, 0.3) is 0 Å². The van der Waals surface area contributed by atoms with Gasteiger partial charge in [0.05, 0.1) is 0 Å². The zero-order valence-corrected chi connectivity index (χ0v) is 8.30. The molecule has 0 aromatic carbocycles. The third-order valence-corrected chi connectivity index (χ3v) is 2.52. The number of allylic oxidation sites excluding steroid dienone is 2. The van der Waals surface area contributed by atoms with E-state index in [0.29, 0.717) is 17.9 Å². The van der Waals surface area contributed by atoms with Crippen LogP contribution in [0.4, 0.5) is 0 Å². The molecule has 0 fully saturated rings. The lowest BCUT2D eigenvalue weighted by Gasteiger charge is -2.29. The van der Waals surface area contributed by atoms with Gasteiger partial charge >= 0.3 is 0 Å². The summed E-state index contributed by atoms with van der Waals surface area (Å²) in [4.78, 5) is 0. The Kier molecular flexibility index (Phi) is 2.73.